The standard InChI is InChI=1S/C16H17NO2/c1-12-2-6-14(7-3-12)16(17)11-19-15-8-4-13(10-18)5-9-15/h2-9,17-18H,10-11H2,1H3. The zero-order valence-corrected chi connectivity index (χ0v) is 10.9. The van der Waals surface area contributed by atoms with Crippen molar-refractivity contribution in [1.29, 1.82) is 5.41 Å². The van der Waals surface area contributed by atoms with Gasteiger partial charge in [-0.05, 0) is 30.2 Å². The SMILES string of the molecule is Cc1ccc(C(=N)COc2ccc(CO)cc2)cc1. The third-order valence-corrected chi connectivity index (χ3v) is 2.89. The number of hydrogen-bond donors (Lipinski definition) is 2. The van der Waals surface area contributed by atoms with E-state index >= 15 is 0 Å². The monoisotopic (exact) mass is 255 g/mol. The molecule has 3 nitrogen and oxygen atoms in total. The summed E-state index contributed by atoms with van der Waals surface area (Å²) in [7, 11) is 0. The Balaban J connectivity index is 1.94. The summed E-state index contributed by atoms with van der Waals surface area (Å²) in [5.41, 5.74) is 3.35. The van der Waals surface area contributed by atoms with E-state index in [0.29, 0.717) is 11.5 Å². The Morgan fingerprint density at radius 3 is 2.26 bits per heavy atom. The molecule has 0 heterocycles. The largest absolute Gasteiger partial charge is 0.487 e. The van der Waals surface area contributed by atoms with E-state index < -0.39 is 0 Å². The van der Waals surface area contributed by atoms with Crippen LogP contribution in [-0.4, -0.2) is 17.4 Å². The lowest BCUT2D eigenvalue weighted by Gasteiger charge is -2.08. The first-order valence-corrected chi connectivity index (χ1v) is 6.16. The van der Waals surface area contributed by atoms with Gasteiger partial charge < -0.3 is 15.3 Å². The van der Waals surface area contributed by atoms with E-state index in [2.05, 4.69) is 0 Å². The molecule has 2 N–H and O–H groups in total. The minimum absolute atomic E-state index is 0.0272. The number of ether oxygens (including phenoxy) is 1. The van der Waals surface area contributed by atoms with Gasteiger partial charge in [-0.25, -0.2) is 0 Å². The predicted octanol–water partition coefficient (Wildman–Crippen LogP) is 2.93. The van der Waals surface area contributed by atoms with Crippen molar-refractivity contribution in [1.82, 2.24) is 0 Å². The van der Waals surface area contributed by atoms with Gasteiger partial charge in [0, 0.05) is 0 Å². The molecular formula is C16H17NO2. The zero-order chi connectivity index (χ0) is 13.7. The van der Waals surface area contributed by atoms with Crippen LogP contribution in [0.2, 0.25) is 0 Å². The van der Waals surface area contributed by atoms with Crippen molar-refractivity contribution in [3.05, 3.63) is 65.2 Å². The third kappa shape index (κ3) is 3.66. The number of aliphatic hydroxyl groups is 1. The molecule has 0 fully saturated rings. The van der Waals surface area contributed by atoms with Crippen LogP contribution in [0.5, 0.6) is 5.75 Å². The molecule has 0 radical (unpaired) electrons. The zero-order valence-electron chi connectivity index (χ0n) is 10.9. The molecule has 2 rings (SSSR count). The van der Waals surface area contributed by atoms with Gasteiger partial charge in [-0.15, -0.1) is 0 Å². The van der Waals surface area contributed by atoms with Crippen molar-refractivity contribution in [3.8, 4) is 5.75 Å². The van der Waals surface area contributed by atoms with Crippen molar-refractivity contribution in [3.63, 3.8) is 0 Å². The molecule has 0 atom stereocenters. The first kappa shape index (κ1) is 13.3. The van der Waals surface area contributed by atoms with E-state index in [1.165, 1.54) is 5.56 Å². The molecule has 0 unspecified atom stereocenters. The fourth-order valence-electron chi connectivity index (χ4n) is 1.68. The third-order valence-electron chi connectivity index (χ3n) is 2.89. The van der Waals surface area contributed by atoms with Crippen LogP contribution in [0, 0.1) is 12.3 Å². The molecule has 0 aliphatic heterocycles. The summed E-state index contributed by atoms with van der Waals surface area (Å²) in [5.74, 6) is 0.703. The summed E-state index contributed by atoms with van der Waals surface area (Å²) in [4.78, 5) is 0. The molecule has 0 amide bonds. The molecular weight excluding hydrogens is 238 g/mol. The van der Waals surface area contributed by atoms with E-state index in [9.17, 15) is 0 Å². The van der Waals surface area contributed by atoms with Crippen LogP contribution in [0.4, 0.5) is 0 Å². The van der Waals surface area contributed by atoms with Gasteiger partial charge in [-0.3, -0.25) is 0 Å². The van der Waals surface area contributed by atoms with Crippen LogP contribution < -0.4 is 4.74 Å². The molecule has 0 aliphatic rings. The molecule has 0 aromatic heterocycles. The van der Waals surface area contributed by atoms with Crippen LogP contribution in [0.1, 0.15) is 16.7 Å². The first-order chi connectivity index (χ1) is 9.19. The Bertz CT molecular complexity index is 544. The Hall–Kier alpha value is -2.13. The van der Waals surface area contributed by atoms with Crippen molar-refractivity contribution < 1.29 is 9.84 Å². The summed E-state index contributed by atoms with van der Waals surface area (Å²) in [5, 5.41) is 16.9. The second-order valence-electron chi connectivity index (χ2n) is 4.44. The second-order valence-corrected chi connectivity index (χ2v) is 4.44. The van der Waals surface area contributed by atoms with Crippen LogP contribution in [0.3, 0.4) is 0 Å². The highest BCUT2D eigenvalue weighted by Gasteiger charge is 2.02. The maximum atomic E-state index is 8.94. The average molecular weight is 255 g/mol. The van der Waals surface area contributed by atoms with Crippen LogP contribution >= 0.6 is 0 Å². The quantitative estimate of drug-likeness (QED) is 0.807. The van der Waals surface area contributed by atoms with Gasteiger partial charge in [0.2, 0.25) is 0 Å². The summed E-state index contributed by atoms with van der Waals surface area (Å²) >= 11 is 0. The van der Waals surface area contributed by atoms with Crippen molar-refractivity contribution >= 4 is 5.71 Å². The van der Waals surface area contributed by atoms with E-state index in [1.54, 1.807) is 12.1 Å². The summed E-state index contributed by atoms with van der Waals surface area (Å²) in [6.07, 6.45) is 0. The van der Waals surface area contributed by atoms with Crippen molar-refractivity contribution in [2.24, 2.45) is 0 Å². The summed E-state index contributed by atoms with van der Waals surface area (Å²) in [6.45, 7) is 2.29. The highest BCUT2D eigenvalue weighted by Crippen LogP contribution is 2.13. The van der Waals surface area contributed by atoms with Gasteiger partial charge >= 0.3 is 0 Å². The lowest BCUT2D eigenvalue weighted by molar-refractivity contribution is 0.281. The van der Waals surface area contributed by atoms with Crippen LogP contribution in [0.15, 0.2) is 48.5 Å². The van der Waals surface area contributed by atoms with Gasteiger partial charge in [-0.2, -0.15) is 0 Å². The maximum Gasteiger partial charge on any atom is 0.130 e. The van der Waals surface area contributed by atoms with E-state index in [4.69, 9.17) is 15.3 Å². The van der Waals surface area contributed by atoms with Gasteiger partial charge in [0.1, 0.15) is 12.4 Å². The molecule has 0 bridgehead atoms. The van der Waals surface area contributed by atoms with Crippen molar-refractivity contribution in [2.75, 3.05) is 6.61 Å². The number of aryl methyl sites for hydroxylation is 1. The first-order valence-electron chi connectivity index (χ1n) is 6.16. The normalized spacial score (nSPS) is 10.2. The molecule has 2 aromatic carbocycles. The fraction of sp³-hybridized carbons (Fsp3) is 0.188. The lowest BCUT2D eigenvalue weighted by Crippen LogP contribution is -2.11. The summed E-state index contributed by atoms with van der Waals surface area (Å²) < 4.78 is 5.55. The lowest BCUT2D eigenvalue weighted by atomic mass is 10.1. The van der Waals surface area contributed by atoms with E-state index in [1.807, 2.05) is 43.3 Å². The van der Waals surface area contributed by atoms with E-state index in [0.717, 1.165) is 11.1 Å². The van der Waals surface area contributed by atoms with Gasteiger partial charge in [0.05, 0.1) is 12.3 Å². The molecule has 0 saturated heterocycles. The Morgan fingerprint density at radius 1 is 1.05 bits per heavy atom. The highest BCUT2D eigenvalue weighted by atomic mass is 16.5. The number of aliphatic hydroxyl groups excluding tert-OH is 1. The second kappa shape index (κ2) is 6.16. The van der Waals surface area contributed by atoms with Crippen molar-refractivity contribution in [2.45, 2.75) is 13.5 Å². The number of hydrogen-bond acceptors (Lipinski definition) is 3. The van der Waals surface area contributed by atoms with Crippen LogP contribution in [0.25, 0.3) is 0 Å². The molecule has 98 valence electrons. The van der Waals surface area contributed by atoms with E-state index in [-0.39, 0.29) is 13.2 Å². The molecule has 0 spiro atoms. The smallest absolute Gasteiger partial charge is 0.130 e. The highest BCUT2D eigenvalue weighted by molar-refractivity contribution is 5.99. The molecule has 2 aromatic rings. The maximum absolute atomic E-state index is 8.94. The molecule has 0 saturated carbocycles. The Morgan fingerprint density at radius 2 is 1.68 bits per heavy atom. The molecule has 3 heteroatoms. The van der Waals surface area contributed by atoms with Crippen LogP contribution in [-0.2, 0) is 6.61 Å². The minimum Gasteiger partial charge on any atom is -0.487 e. The minimum atomic E-state index is 0.0272. The topological polar surface area (TPSA) is 53.3 Å². The summed E-state index contributed by atoms with van der Waals surface area (Å²) in [6, 6.07) is 15.0. The van der Waals surface area contributed by atoms with Gasteiger partial charge in [0.15, 0.2) is 0 Å². The number of benzene rings is 2. The van der Waals surface area contributed by atoms with Gasteiger partial charge in [0.25, 0.3) is 0 Å². The Labute approximate surface area is 113 Å². The molecule has 0 aliphatic carbocycles. The predicted molar refractivity (Wildman–Crippen MR) is 75.9 cm³/mol. The Kier molecular flexibility index (Phi) is 4.31. The fourth-order valence-corrected chi connectivity index (χ4v) is 1.68. The number of nitrogens with one attached hydrogen (secondary N) is 1. The number of rotatable bonds is 5. The molecule has 19 heavy (non-hydrogen) atoms. The van der Waals surface area contributed by atoms with Gasteiger partial charge in [-0.1, -0.05) is 42.0 Å². The average Bonchev–Trinajstić information content (AvgIpc) is 2.46.